The minimum atomic E-state index is -0.867. The van der Waals surface area contributed by atoms with Crippen LogP contribution in [0.1, 0.15) is 17.3 Å². The summed E-state index contributed by atoms with van der Waals surface area (Å²) in [7, 11) is 1.49. The maximum absolute atomic E-state index is 13.7. The molecule has 0 saturated carbocycles. The molecule has 92 valence electrons. The number of rotatable bonds is 4. The summed E-state index contributed by atoms with van der Waals surface area (Å²) in [6, 6.07) is 0.354. The molecule has 17 heavy (non-hydrogen) atoms. The van der Waals surface area contributed by atoms with Crippen molar-refractivity contribution in [2.75, 3.05) is 12.4 Å². The second-order valence-corrected chi connectivity index (χ2v) is 3.37. The van der Waals surface area contributed by atoms with E-state index in [1.165, 1.54) is 26.2 Å². The number of aromatic nitrogens is 1. The van der Waals surface area contributed by atoms with Crippen molar-refractivity contribution in [1.29, 1.82) is 0 Å². The van der Waals surface area contributed by atoms with Gasteiger partial charge in [0.15, 0.2) is 11.6 Å². The van der Waals surface area contributed by atoms with Crippen LogP contribution in [0.25, 0.3) is 0 Å². The van der Waals surface area contributed by atoms with Crippen LogP contribution in [0.2, 0.25) is 0 Å². The van der Waals surface area contributed by atoms with Crippen molar-refractivity contribution in [2.45, 2.75) is 13.0 Å². The lowest BCUT2D eigenvalue weighted by atomic mass is 10.2. The fourth-order valence-electron chi connectivity index (χ4n) is 1.14. The first-order valence-corrected chi connectivity index (χ1v) is 4.89. The molecule has 0 aliphatic carbocycles. The number of amides is 2. The number of hydrogen-bond acceptors (Lipinski definition) is 4. The Kier molecular flexibility index (Phi) is 3.97. The van der Waals surface area contributed by atoms with Crippen LogP contribution in [0.3, 0.4) is 0 Å². The quantitative estimate of drug-likeness (QED) is 0.682. The topological polar surface area (TPSA) is 97.1 Å². The third-order valence-corrected chi connectivity index (χ3v) is 2.15. The monoisotopic (exact) mass is 240 g/mol. The van der Waals surface area contributed by atoms with E-state index in [9.17, 15) is 14.0 Å². The number of halogens is 1. The van der Waals surface area contributed by atoms with Gasteiger partial charge < -0.3 is 16.4 Å². The number of nitrogens with one attached hydrogen (secondary N) is 2. The molecular weight excluding hydrogens is 227 g/mol. The summed E-state index contributed by atoms with van der Waals surface area (Å²) in [6.07, 6.45) is 1.29. The standard InChI is InChI=1S/C10H13FN4O2/c1-5(8(12)16)15-10(17)6-3-4-14-9(13-2)7(6)11/h3-5H,1-2H3,(H2,12,16)(H,13,14)(H,15,17). The third-order valence-electron chi connectivity index (χ3n) is 2.15. The molecule has 2 amide bonds. The molecule has 0 saturated heterocycles. The number of hydrogen-bond donors (Lipinski definition) is 3. The van der Waals surface area contributed by atoms with E-state index in [1.54, 1.807) is 0 Å². The molecule has 0 aliphatic heterocycles. The van der Waals surface area contributed by atoms with Crippen molar-refractivity contribution < 1.29 is 14.0 Å². The molecule has 7 heteroatoms. The largest absolute Gasteiger partial charge is 0.371 e. The first-order valence-electron chi connectivity index (χ1n) is 4.89. The van der Waals surface area contributed by atoms with Gasteiger partial charge in [-0.1, -0.05) is 0 Å². The molecule has 0 aromatic carbocycles. The molecule has 1 aromatic heterocycles. The Labute approximate surface area is 97.4 Å². The van der Waals surface area contributed by atoms with Gasteiger partial charge >= 0.3 is 0 Å². The highest BCUT2D eigenvalue weighted by Crippen LogP contribution is 2.14. The van der Waals surface area contributed by atoms with Gasteiger partial charge in [0.05, 0.1) is 5.56 Å². The minimum Gasteiger partial charge on any atom is -0.371 e. The van der Waals surface area contributed by atoms with Gasteiger partial charge in [-0.2, -0.15) is 0 Å². The normalized spacial score (nSPS) is 11.7. The van der Waals surface area contributed by atoms with Gasteiger partial charge in [0.1, 0.15) is 6.04 Å². The maximum atomic E-state index is 13.7. The Morgan fingerprint density at radius 3 is 2.71 bits per heavy atom. The number of anilines is 1. The van der Waals surface area contributed by atoms with Crippen LogP contribution in [0, 0.1) is 5.82 Å². The zero-order valence-electron chi connectivity index (χ0n) is 9.45. The molecule has 1 rings (SSSR count). The number of primary amides is 1. The van der Waals surface area contributed by atoms with Crippen LogP contribution in [-0.2, 0) is 4.79 Å². The molecule has 1 heterocycles. The highest BCUT2D eigenvalue weighted by atomic mass is 19.1. The van der Waals surface area contributed by atoms with Gasteiger partial charge in [-0.05, 0) is 13.0 Å². The summed E-state index contributed by atoms with van der Waals surface area (Å²) >= 11 is 0. The fraction of sp³-hybridized carbons (Fsp3) is 0.300. The average Bonchev–Trinajstić information content (AvgIpc) is 2.28. The summed E-state index contributed by atoms with van der Waals surface area (Å²) < 4.78 is 13.7. The summed E-state index contributed by atoms with van der Waals surface area (Å²) in [5.74, 6) is -2.22. The predicted octanol–water partition coefficient (Wildman–Crippen LogP) is -0.134. The van der Waals surface area contributed by atoms with E-state index in [-0.39, 0.29) is 11.4 Å². The van der Waals surface area contributed by atoms with Crippen LogP contribution in [-0.4, -0.2) is 29.9 Å². The molecular formula is C10H13FN4O2. The van der Waals surface area contributed by atoms with Gasteiger partial charge in [-0.15, -0.1) is 0 Å². The SMILES string of the molecule is CNc1nccc(C(=O)NC(C)C(N)=O)c1F. The Hall–Kier alpha value is -2.18. The van der Waals surface area contributed by atoms with Gasteiger partial charge in [0.2, 0.25) is 5.91 Å². The molecule has 1 aromatic rings. The highest BCUT2D eigenvalue weighted by molar-refractivity contribution is 5.97. The lowest BCUT2D eigenvalue weighted by molar-refractivity contribution is -0.119. The van der Waals surface area contributed by atoms with Crippen LogP contribution in [0.4, 0.5) is 10.2 Å². The van der Waals surface area contributed by atoms with E-state index in [4.69, 9.17) is 5.73 Å². The summed E-state index contributed by atoms with van der Waals surface area (Å²) in [6.45, 7) is 1.41. The van der Waals surface area contributed by atoms with Crippen LogP contribution in [0.5, 0.6) is 0 Å². The van der Waals surface area contributed by atoms with Gasteiger partial charge in [-0.3, -0.25) is 9.59 Å². The predicted molar refractivity (Wildman–Crippen MR) is 59.9 cm³/mol. The van der Waals surface area contributed by atoms with E-state index in [1.807, 2.05) is 0 Å². The zero-order valence-corrected chi connectivity index (χ0v) is 9.45. The number of nitrogens with zero attached hydrogens (tertiary/aromatic N) is 1. The molecule has 0 radical (unpaired) electrons. The van der Waals surface area contributed by atoms with E-state index >= 15 is 0 Å². The van der Waals surface area contributed by atoms with E-state index in [2.05, 4.69) is 15.6 Å². The Balaban J connectivity index is 2.93. The molecule has 0 fully saturated rings. The second kappa shape index (κ2) is 5.24. The average molecular weight is 240 g/mol. The van der Waals surface area contributed by atoms with Crippen LogP contribution < -0.4 is 16.4 Å². The summed E-state index contributed by atoms with van der Waals surface area (Å²) in [5, 5.41) is 4.79. The van der Waals surface area contributed by atoms with Crippen LogP contribution in [0.15, 0.2) is 12.3 Å². The van der Waals surface area contributed by atoms with Crippen molar-refractivity contribution >= 4 is 17.6 Å². The molecule has 1 unspecified atom stereocenters. The van der Waals surface area contributed by atoms with Gasteiger partial charge in [-0.25, -0.2) is 9.37 Å². The fourth-order valence-corrected chi connectivity index (χ4v) is 1.14. The number of pyridine rings is 1. The van der Waals surface area contributed by atoms with E-state index in [0.717, 1.165) is 0 Å². The lowest BCUT2D eigenvalue weighted by Crippen LogP contribution is -2.42. The molecule has 1 atom stereocenters. The zero-order chi connectivity index (χ0) is 13.0. The molecule has 6 nitrogen and oxygen atoms in total. The molecule has 0 bridgehead atoms. The van der Waals surface area contributed by atoms with Gasteiger partial charge in [0, 0.05) is 13.2 Å². The Morgan fingerprint density at radius 2 is 2.18 bits per heavy atom. The Morgan fingerprint density at radius 1 is 1.53 bits per heavy atom. The van der Waals surface area contributed by atoms with Crippen LogP contribution >= 0.6 is 0 Å². The van der Waals surface area contributed by atoms with Crippen molar-refractivity contribution in [3.8, 4) is 0 Å². The minimum absolute atomic E-state index is 0.0376. The number of carbonyl (C=O) groups excluding carboxylic acids is 2. The van der Waals surface area contributed by atoms with E-state index < -0.39 is 23.7 Å². The van der Waals surface area contributed by atoms with Crippen molar-refractivity contribution in [3.05, 3.63) is 23.6 Å². The highest BCUT2D eigenvalue weighted by Gasteiger charge is 2.18. The first-order chi connectivity index (χ1) is 7.97. The van der Waals surface area contributed by atoms with Crippen molar-refractivity contribution in [2.24, 2.45) is 5.73 Å². The molecule has 0 aliphatic rings. The van der Waals surface area contributed by atoms with E-state index in [0.29, 0.717) is 0 Å². The van der Waals surface area contributed by atoms with Crippen molar-refractivity contribution in [1.82, 2.24) is 10.3 Å². The second-order valence-electron chi connectivity index (χ2n) is 3.37. The Bertz CT molecular complexity index is 450. The molecule has 0 spiro atoms. The first kappa shape index (κ1) is 12.9. The van der Waals surface area contributed by atoms with Gasteiger partial charge in [0.25, 0.3) is 5.91 Å². The third kappa shape index (κ3) is 2.90. The lowest BCUT2D eigenvalue weighted by Gasteiger charge is -2.11. The number of carbonyl (C=O) groups is 2. The molecule has 4 N–H and O–H groups in total. The summed E-state index contributed by atoms with van der Waals surface area (Å²) in [5.41, 5.74) is 4.79. The number of nitrogens with two attached hydrogens (primary N) is 1. The maximum Gasteiger partial charge on any atom is 0.255 e. The van der Waals surface area contributed by atoms with Crippen molar-refractivity contribution in [3.63, 3.8) is 0 Å². The summed E-state index contributed by atoms with van der Waals surface area (Å²) in [4.78, 5) is 26.1. The smallest absolute Gasteiger partial charge is 0.255 e.